The average Bonchev–Trinajstić information content (AvgIpc) is 0.722. The smallest absolute Gasteiger partial charge is 0.822 e. The van der Waals surface area contributed by atoms with E-state index >= 15 is 0 Å². The zero-order valence-corrected chi connectivity index (χ0v) is 11.4. The molecule has 0 radical (unpaired) electrons. The third kappa shape index (κ3) is 427. The Balaban J connectivity index is -0.00000000381. The normalized spacial score (nSPS) is 4.92. The van der Waals surface area contributed by atoms with Crippen LogP contribution in [0.1, 0.15) is 0 Å². The molecule has 0 saturated heterocycles. The van der Waals surface area contributed by atoms with Gasteiger partial charge in [0.1, 0.15) is 0 Å². The Morgan fingerprint density at radius 1 is 0.750 bits per heavy atom. The first-order valence-corrected chi connectivity index (χ1v) is 2.19. The van der Waals surface area contributed by atoms with Crippen LogP contribution in [0.2, 0.25) is 0 Å². The summed E-state index contributed by atoms with van der Waals surface area (Å²) in [6.07, 6.45) is 0. The maximum Gasteiger partial charge on any atom is 2.00 e. The fraction of sp³-hybridized carbons (Fsp3) is 0. The molecule has 10 N–H and O–H groups in total. The Morgan fingerprint density at radius 3 is 0.750 bits per heavy atom. The monoisotopic (exact) mass is 298 g/mol. The van der Waals surface area contributed by atoms with Crippen molar-refractivity contribution in [3.63, 3.8) is 0 Å². The quantitative estimate of drug-likeness (QED) is 0.312. The molecule has 0 heterocycles. The minimum absolute atomic E-state index is 0. The predicted octanol–water partition coefficient (Wildman–Crippen LogP) is -9.95. The first-order chi connectivity index (χ1) is 2.00. The van der Waals surface area contributed by atoms with Gasteiger partial charge in [-0.2, -0.15) is 7.82 Å². The molecule has 0 rings (SSSR count). The van der Waals surface area contributed by atoms with Crippen LogP contribution < -0.4 is 44.2 Å². The van der Waals surface area contributed by atoms with Crippen LogP contribution in [-0.4, -0.2) is 27.4 Å². The SMILES string of the molecule is O.O.O.O.O.O=P([O-])([O-])[O-].[Na+].[Zr+2]. The maximum atomic E-state index is 8.55. The summed E-state index contributed by atoms with van der Waals surface area (Å²) in [6.45, 7) is 0. The van der Waals surface area contributed by atoms with Crippen molar-refractivity contribution in [3.8, 4) is 0 Å². The van der Waals surface area contributed by atoms with Crippen LogP contribution in [0, 0.1) is 0 Å². The fourth-order valence-electron chi connectivity index (χ4n) is 0. The van der Waals surface area contributed by atoms with Crippen molar-refractivity contribution in [1.82, 2.24) is 0 Å². The molecule has 12 heavy (non-hydrogen) atoms. The van der Waals surface area contributed by atoms with Crippen LogP contribution in [0.5, 0.6) is 0 Å². The van der Waals surface area contributed by atoms with Gasteiger partial charge in [0.2, 0.25) is 0 Å². The molecular weight excluding hydrogens is 289 g/mol. The Hall–Kier alpha value is 1.79. The standard InChI is InChI=1S/Na.H3O4P.5H2O.Zr/c;1-5(2,3)4;;;;;;/h;(H3,1,2,3,4);5*1H2;/q+1;;;;;;;+2/p-3. The number of rotatable bonds is 0. The number of hydrogen-bond donors (Lipinski definition) is 0. The summed E-state index contributed by atoms with van der Waals surface area (Å²) >= 11 is 0. The van der Waals surface area contributed by atoms with Gasteiger partial charge in [0, 0.05) is 0 Å². The molecule has 0 saturated carbocycles. The molecule has 0 aromatic carbocycles. The molecule has 0 unspecified atom stereocenters. The molecule has 9 nitrogen and oxygen atoms in total. The topological polar surface area (TPSA) is 244 Å². The average molecular weight is 299 g/mol. The van der Waals surface area contributed by atoms with Gasteiger partial charge in [0.25, 0.3) is 0 Å². The van der Waals surface area contributed by atoms with E-state index in [1.165, 1.54) is 0 Å². The second kappa shape index (κ2) is 29.3. The predicted molar refractivity (Wildman–Crippen MR) is 25.7 cm³/mol. The van der Waals surface area contributed by atoms with Crippen LogP contribution in [0.15, 0.2) is 0 Å². The molecule has 0 bridgehead atoms. The molecule has 74 valence electrons. The van der Waals surface area contributed by atoms with Crippen LogP contribution in [-0.2, 0) is 30.8 Å². The Kier molecular flexibility index (Phi) is 164. The molecule has 0 spiro atoms. The van der Waals surface area contributed by atoms with Crippen LogP contribution >= 0.6 is 7.82 Å². The minimum atomic E-state index is -5.39. The van der Waals surface area contributed by atoms with E-state index < -0.39 is 7.82 Å². The van der Waals surface area contributed by atoms with E-state index in [0.29, 0.717) is 0 Å². The number of hydrogen-bond acceptors (Lipinski definition) is 4. The van der Waals surface area contributed by atoms with Crippen LogP contribution in [0.25, 0.3) is 0 Å². The Bertz CT molecular complexity index is 60.7. The Morgan fingerprint density at radius 2 is 0.750 bits per heavy atom. The van der Waals surface area contributed by atoms with Gasteiger partial charge < -0.3 is 46.6 Å². The molecule has 0 aromatic heterocycles. The molecule has 0 aliphatic rings. The van der Waals surface area contributed by atoms with Gasteiger partial charge in [0.15, 0.2) is 0 Å². The molecule has 0 aliphatic carbocycles. The van der Waals surface area contributed by atoms with E-state index in [9.17, 15) is 0 Å². The van der Waals surface area contributed by atoms with Crippen molar-refractivity contribution in [2.45, 2.75) is 0 Å². The Labute approximate surface area is 109 Å². The summed E-state index contributed by atoms with van der Waals surface area (Å²) in [7, 11) is -5.39. The summed E-state index contributed by atoms with van der Waals surface area (Å²) in [5, 5.41) is 0. The largest absolute Gasteiger partial charge is 2.00 e. The van der Waals surface area contributed by atoms with Gasteiger partial charge in [-0.25, -0.2) is 0 Å². The summed E-state index contributed by atoms with van der Waals surface area (Å²) in [4.78, 5) is 25.6. The van der Waals surface area contributed by atoms with Crippen molar-refractivity contribution in [2.24, 2.45) is 0 Å². The second-order valence-corrected chi connectivity index (χ2v) is 1.34. The van der Waals surface area contributed by atoms with E-state index in [1.807, 2.05) is 0 Å². The summed E-state index contributed by atoms with van der Waals surface area (Å²) in [6, 6.07) is 0. The molecule has 12 heteroatoms. The van der Waals surface area contributed by atoms with Crippen molar-refractivity contribution >= 4 is 7.82 Å². The minimum Gasteiger partial charge on any atom is -0.822 e. The summed E-state index contributed by atoms with van der Waals surface area (Å²) in [5.41, 5.74) is 0. The third-order valence-corrected chi connectivity index (χ3v) is 0. The van der Waals surface area contributed by atoms with Gasteiger partial charge in [0.05, 0.1) is 0 Å². The maximum absolute atomic E-state index is 8.55. The van der Waals surface area contributed by atoms with Gasteiger partial charge in [-0.05, 0) is 0 Å². The zero-order valence-electron chi connectivity index (χ0n) is 6.08. The molecule has 0 aromatic rings. The third-order valence-electron chi connectivity index (χ3n) is 0. The molecular formula is H10NaO9PZr. The van der Waals surface area contributed by atoms with Gasteiger partial charge in [-0.1, -0.05) is 0 Å². The summed E-state index contributed by atoms with van der Waals surface area (Å²) in [5.74, 6) is 0. The van der Waals surface area contributed by atoms with E-state index in [2.05, 4.69) is 0 Å². The van der Waals surface area contributed by atoms with Gasteiger partial charge in [-0.3, -0.25) is 0 Å². The van der Waals surface area contributed by atoms with Crippen LogP contribution in [0.4, 0.5) is 0 Å². The number of phosphoric acid groups is 1. The first kappa shape index (κ1) is 67.3. The van der Waals surface area contributed by atoms with Gasteiger partial charge >= 0.3 is 55.8 Å². The molecule has 0 aliphatic heterocycles. The van der Waals surface area contributed by atoms with Crippen molar-refractivity contribution < 1.29 is 102 Å². The van der Waals surface area contributed by atoms with Crippen molar-refractivity contribution in [3.05, 3.63) is 0 Å². The zero-order chi connectivity index (χ0) is 4.50. The van der Waals surface area contributed by atoms with Gasteiger partial charge in [-0.15, -0.1) is 0 Å². The summed E-state index contributed by atoms with van der Waals surface area (Å²) < 4.78 is 8.55. The van der Waals surface area contributed by atoms with E-state index in [0.717, 1.165) is 0 Å². The van der Waals surface area contributed by atoms with E-state index in [1.54, 1.807) is 0 Å². The first-order valence-electron chi connectivity index (χ1n) is 0.730. The molecule has 0 amide bonds. The fourth-order valence-corrected chi connectivity index (χ4v) is 0. The molecule has 0 atom stereocenters. The van der Waals surface area contributed by atoms with Crippen molar-refractivity contribution in [2.75, 3.05) is 0 Å². The molecule has 0 fully saturated rings. The van der Waals surface area contributed by atoms with E-state index in [4.69, 9.17) is 19.2 Å². The van der Waals surface area contributed by atoms with E-state index in [-0.39, 0.29) is 83.1 Å². The van der Waals surface area contributed by atoms with Crippen LogP contribution in [0.3, 0.4) is 0 Å². The van der Waals surface area contributed by atoms with Crippen molar-refractivity contribution in [1.29, 1.82) is 0 Å². The second-order valence-electron chi connectivity index (χ2n) is 0.447.